The van der Waals surface area contributed by atoms with E-state index in [0.717, 1.165) is 18.2 Å². The Morgan fingerprint density at radius 3 is 2.30 bits per heavy atom. The Morgan fingerprint density at radius 2 is 1.73 bits per heavy atom. The molecule has 1 heterocycles. The van der Waals surface area contributed by atoms with Crippen molar-refractivity contribution in [3.63, 3.8) is 0 Å². The lowest BCUT2D eigenvalue weighted by Crippen LogP contribution is -2.30. The van der Waals surface area contributed by atoms with Gasteiger partial charge in [0, 0.05) is 13.0 Å². The molecular weight excluding hydrogens is 413 g/mol. The molecule has 0 saturated carbocycles. The van der Waals surface area contributed by atoms with Crippen LogP contribution in [0.15, 0.2) is 36.4 Å². The van der Waals surface area contributed by atoms with Gasteiger partial charge in [-0.3, -0.25) is 4.79 Å². The van der Waals surface area contributed by atoms with Crippen LogP contribution in [-0.4, -0.2) is 37.6 Å². The molecule has 1 aliphatic heterocycles. The van der Waals surface area contributed by atoms with Gasteiger partial charge in [-0.1, -0.05) is 12.1 Å². The lowest BCUT2D eigenvalue weighted by atomic mass is 10.0. The van der Waals surface area contributed by atoms with Crippen LogP contribution in [0.1, 0.15) is 23.6 Å². The fourth-order valence-electron chi connectivity index (χ4n) is 3.47. The van der Waals surface area contributed by atoms with Crippen LogP contribution >= 0.6 is 0 Å². The van der Waals surface area contributed by atoms with E-state index in [1.54, 1.807) is 0 Å². The molecule has 0 bridgehead atoms. The number of amides is 1. The molecule has 0 spiro atoms. The smallest absolute Gasteiger partial charge is 0.496 e. The molecule has 3 rings (SSSR count). The van der Waals surface area contributed by atoms with E-state index in [1.807, 2.05) is 0 Å². The molecule has 0 aromatic heterocycles. The van der Waals surface area contributed by atoms with Crippen molar-refractivity contribution in [2.75, 3.05) is 14.2 Å². The third-order valence-electron chi connectivity index (χ3n) is 4.73. The molecular formula is C20H18F5NO4. The van der Waals surface area contributed by atoms with Crippen LogP contribution in [0.4, 0.5) is 22.0 Å². The fraction of sp³-hybridized carbons (Fsp3) is 0.350. The van der Waals surface area contributed by atoms with Crippen molar-refractivity contribution >= 4 is 5.91 Å². The van der Waals surface area contributed by atoms with E-state index in [1.165, 1.54) is 37.3 Å². The molecule has 0 N–H and O–H groups in total. The van der Waals surface area contributed by atoms with Crippen LogP contribution in [0, 0.1) is 5.82 Å². The lowest BCUT2D eigenvalue weighted by Gasteiger charge is -2.27. The Balaban J connectivity index is 1.92. The second-order valence-corrected chi connectivity index (χ2v) is 6.57. The predicted molar refractivity (Wildman–Crippen MR) is 95.4 cm³/mol. The van der Waals surface area contributed by atoms with Gasteiger partial charge in [0.15, 0.2) is 17.7 Å². The first-order valence-corrected chi connectivity index (χ1v) is 8.84. The van der Waals surface area contributed by atoms with Gasteiger partial charge in [0.1, 0.15) is 11.5 Å². The molecule has 30 heavy (non-hydrogen) atoms. The molecule has 5 nitrogen and oxygen atoms in total. The summed E-state index contributed by atoms with van der Waals surface area (Å²) in [6.45, 7) is -0.112. The Hall–Kier alpha value is -3.04. The maximum atomic E-state index is 14.3. The highest BCUT2D eigenvalue weighted by Gasteiger charge is 2.43. The number of hydrogen-bond acceptors (Lipinski definition) is 4. The van der Waals surface area contributed by atoms with Crippen molar-refractivity contribution in [2.45, 2.75) is 31.5 Å². The standard InChI is InChI=1S/C20H18F5NO4/c1-28-16-8-7-13(21)18(29-2)17(16)15-9-14(22)19(27)26(15)10-11-3-5-12(6-4-11)30-20(23,24)25/h3-8,14-15H,9-10H2,1-2H3/t14-,15-/m0/s1. The molecule has 1 aliphatic rings. The molecule has 10 heteroatoms. The first-order chi connectivity index (χ1) is 14.1. The van der Waals surface area contributed by atoms with Gasteiger partial charge < -0.3 is 19.1 Å². The third kappa shape index (κ3) is 4.42. The largest absolute Gasteiger partial charge is 0.573 e. The number of methoxy groups -OCH3 is 2. The Kier molecular flexibility index (Phi) is 6.04. The zero-order valence-electron chi connectivity index (χ0n) is 16.0. The normalized spacial score (nSPS) is 19.2. The molecule has 0 aliphatic carbocycles. The topological polar surface area (TPSA) is 48.0 Å². The fourth-order valence-corrected chi connectivity index (χ4v) is 3.47. The first kappa shape index (κ1) is 21.7. The molecule has 0 radical (unpaired) electrons. The van der Waals surface area contributed by atoms with Gasteiger partial charge in [0.05, 0.1) is 25.8 Å². The van der Waals surface area contributed by atoms with Crippen LogP contribution in [0.3, 0.4) is 0 Å². The number of carbonyl (C=O) groups is 1. The molecule has 0 unspecified atom stereocenters. The number of alkyl halides is 4. The number of ether oxygens (including phenoxy) is 3. The first-order valence-electron chi connectivity index (χ1n) is 8.84. The minimum atomic E-state index is -4.83. The monoisotopic (exact) mass is 431 g/mol. The maximum Gasteiger partial charge on any atom is 0.573 e. The zero-order chi connectivity index (χ0) is 22.1. The number of nitrogens with zero attached hydrogens (tertiary/aromatic N) is 1. The average Bonchev–Trinajstić information content (AvgIpc) is 2.96. The highest BCUT2D eigenvalue weighted by molar-refractivity contribution is 5.84. The Labute approximate surface area is 168 Å². The summed E-state index contributed by atoms with van der Waals surface area (Å²) < 4.78 is 79.7. The SMILES string of the molecule is COc1ccc(F)c(OC)c1[C@@H]1C[C@H](F)C(=O)N1Cc1ccc(OC(F)(F)F)cc1. The van der Waals surface area contributed by atoms with E-state index in [2.05, 4.69) is 4.74 Å². The number of halogens is 5. The summed E-state index contributed by atoms with van der Waals surface area (Å²) in [6.07, 6.45) is -6.89. The van der Waals surface area contributed by atoms with E-state index < -0.39 is 36.0 Å². The summed E-state index contributed by atoms with van der Waals surface area (Å²) in [5.74, 6) is -1.88. The van der Waals surface area contributed by atoms with Crippen molar-refractivity contribution in [1.29, 1.82) is 0 Å². The lowest BCUT2D eigenvalue weighted by molar-refractivity contribution is -0.274. The second-order valence-electron chi connectivity index (χ2n) is 6.57. The Bertz CT molecular complexity index is 917. The maximum absolute atomic E-state index is 14.3. The van der Waals surface area contributed by atoms with Gasteiger partial charge in [0.2, 0.25) is 0 Å². The molecule has 1 fully saturated rings. The summed E-state index contributed by atoms with van der Waals surface area (Å²) in [7, 11) is 2.60. The number of likely N-dealkylation sites (tertiary alicyclic amines) is 1. The number of hydrogen-bond donors (Lipinski definition) is 0. The van der Waals surface area contributed by atoms with Gasteiger partial charge in [0.25, 0.3) is 5.91 Å². The second kappa shape index (κ2) is 8.37. The van der Waals surface area contributed by atoms with E-state index in [4.69, 9.17) is 9.47 Å². The number of benzene rings is 2. The molecule has 2 atom stereocenters. The van der Waals surface area contributed by atoms with E-state index in [0.29, 0.717) is 5.56 Å². The van der Waals surface area contributed by atoms with Crippen molar-refractivity contribution in [2.24, 2.45) is 0 Å². The van der Waals surface area contributed by atoms with Crippen molar-refractivity contribution in [1.82, 2.24) is 4.90 Å². The zero-order valence-corrected chi connectivity index (χ0v) is 16.0. The molecule has 1 amide bonds. The van der Waals surface area contributed by atoms with Gasteiger partial charge in [-0.25, -0.2) is 8.78 Å². The molecule has 2 aromatic carbocycles. The highest BCUT2D eigenvalue weighted by atomic mass is 19.4. The van der Waals surface area contributed by atoms with Crippen molar-refractivity contribution in [3.8, 4) is 17.2 Å². The van der Waals surface area contributed by atoms with Crippen LogP contribution in [0.25, 0.3) is 0 Å². The minimum absolute atomic E-state index is 0.112. The minimum Gasteiger partial charge on any atom is -0.496 e. The molecule has 2 aromatic rings. The summed E-state index contributed by atoms with van der Waals surface area (Å²) in [5.41, 5.74) is 0.622. The van der Waals surface area contributed by atoms with Crippen LogP contribution in [-0.2, 0) is 11.3 Å². The molecule has 162 valence electrons. The summed E-state index contributed by atoms with van der Waals surface area (Å²) >= 11 is 0. The highest BCUT2D eigenvalue weighted by Crippen LogP contribution is 2.45. The van der Waals surface area contributed by atoms with Crippen molar-refractivity contribution in [3.05, 3.63) is 53.3 Å². The van der Waals surface area contributed by atoms with Crippen LogP contribution in [0.5, 0.6) is 17.2 Å². The summed E-state index contributed by atoms with van der Waals surface area (Å²) in [5, 5.41) is 0. The van der Waals surface area contributed by atoms with E-state index >= 15 is 0 Å². The van der Waals surface area contributed by atoms with Crippen molar-refractivity contribution < 1.29 is 41.0 Å². The third-order valence-corrected chi connectivity index (χ3v) is 4.73. The van der Waals surface area contributed by atoms with Gasteiger partial charge in [-0.05, 0) is 29.8 Å². The van der Waals surface area contributed by atoms with Gasteiger partial charge in [-0.2, -0.15) is 0 Å². The van der Waals surface area contributed by atoms with E-state index in [9.17, 15) is 26.7 Å². The average molecular weight is 431 g/mol. The molecule has 1 saturated heterocycles. The van der Waals surface area contributed by atoms with Crippen LogP contribution in [0.2, 0.25) is 0 Å². The van der Waals surface area contributed by atoms with Gasteiger partial charge in [-0.15, -0.1) is 13.2 Å². The Morgan fingerprint density at radius 1 is 1.07 bits per heavy atom. The summed E-state index contributed by atoms with van der Waals surface area (Å²) in [6, 6.07) is 6.44. The van der Waals surface area contributed by atoms with Crippen LogP contribution < -0.4 is 14.2 Å². The predicted octanol–water partition coefficient (Wildman–Crippen LogP) is 4.55. The number of carbonyl (C=O) groups excluding carboxylic acids is 1. The van der Waals surface area contributed by atoms with Gasteiger partial charge >= 0.3 is 6.36 Å². The summed E-state index contributed by atoms with van der Waals surface area (Å²) in [4.78, 5) is 13.6. The van der Waals surface area contributed by atoms with E-state index in [-0.39, 0.29) is 30.0 Å². The quantitative estimate of drug-likeness (QED) is 0.630. The number of rotatable bonds is 6.